The van der Waals surface area contributed by atoms with Crippen molar-refractivity contribution < 1.29 is 0 Å². The van der Waals surface area contributed by atoms with Gasteiger partial charge in [0.1, 0.15) is 0 Å². The maximum Gasteiger partial charge on any atom is 0.0964 e. The van der Waals surface area contributed by atoms with Crippen LogP contribution in [0.4, 0.5) is 0 Å². The molecule has 9 heterocycles. The first-order valence-electron chi connectivity index (χ1n) is 51.4. The Labute approximate surface area is 863 Å². The number of para-hydroxylation sites is 6. The lowest BCUT2D eigenvalue weighted by atomic mass is 9.81. The van der Waals surface area contributed by atoms with E-state index in [0.717, 1.165) is 83.5 Å². The molecule has 0 bridgehead atoms. The second-order valence-corrected chi connectivity index (χ2v) is 39.5. The van der Waals surface area contributed by atoms with Crippen LogP contribution in [0.15, 0.2) is 528 Å². The van der Waals surface area contributed by atoms with E-state index in [4.69, 9.17) is 4.98 Å². The highest BCUT2D eigenvalue weighted by atomic mass is 15.0. The van der Waals surface area contributed by atoms with Crippen LogP contribution >= 0.6 is 0 Å². The average molecular weight is 1910 g/mol. The molecule has 0 atom stereocenters. The van der Waals surface area contributed by atoms with Gasteiger partial charge in [0, 0.05) is 118 Å². The molecule has 696 valence electrons. The maximum absolute atomic E-state index is 4.98. The van der Waals surface area contributed by atoms with Crippen molar-refractivity contribution in [3.63, 3.8) is 0 Å². The number of nitrogens with zero attached hydrogens (tertiary/aromatic N) is 9. The number of hydrogen-bond acceptors (Lipinski definition) is 3. The summed E-state index contributed by atoms with van der Waals surface area (Å²) >= 11 is 0. The smallest absolute Gasteiger partial charge is 0.0964 e. The molecule has 0 saturated heterocycles. The largest absolute Gasteiger partial charge is 0.309 e. The Bertz CT molecular complexity index is 9780. The predicted molar refractivity (Wildman–Crippen MR) is 625 cm³/mol. The minimum Gasteiger partial charge on any atom is -0.309 e. The summed E-state index contributed by atoms with van der Waals surface area (Å²) in [5.41, 5.74) is 51.6. The first-order valence-corrected chi connectivity index (χ1v) is 51.4. The lowest BCUT2D eigenvalue weighted by Gasteiger charge is -2.23. The predicted octanol–water partition coefficient (Wildman–Crippen LogP) is 36.8. The standard InChI is InChI=1S/3C47H29N3/c1-2-13-33-32(12-1)34-14-3-4-16-36(34)38-25-23-30(28-41(38)37-17-6-5-15-35(33)37)50-45-26-24-31(29-42(45)47-46(50)22-11-27-48-47)49-43-20-9-7-18-39(43)40-19-8-10-21-44(40)49;1-2-12-33-32(11-1)34-13-3-4-15-36(34)38-23-21-30(27-41(38)37-16-6-5-14-35(33)37)50-46-24-22-31(28-42(46)43-29-48-26-25-47(43)50)49-44-19-9-7-17-39(44)40-18-8-10-20-45(40)49;1-2-12-33-32(11-1)34-13-3-4-15-36(34)38-23-21-30(27-42(38)37-16-6-5-14-35(33)37)50-46-24-22-31(28-43(46)41-25-26-48-29-47(41)50)49-44-19-9-7-17-39(44)40-18-8-10-20-45(40)49/h3*1-29H. The van der Waals surface area contributed by atoms with Crippen LogP contribution in [0.1, 0.15) is 0 Å². The molecular weight excluding hydrogens is 1820 g/mol. The van der Waals surface area contributed by atoms with Crippen molar-refractivity contribution in [2.24, 2.45) is 0 Å². The van der Waals surface area contributed by atoms with Crippen LogP contribution in [-0.2, 0) is 0 Å². The molecule has 30 aromatic rings. The zero-order valence-electron chi connectivity index (χ0n) is 81.3. The van der Waals surface area contributed by atoms with Gasteiger partial charge in [0.15, 0.2) is 0 Å². The molecule has 9 heteroatoms. The normalized spacial score (nSPS) is 12.0. The highest BCUT2D eigenvalue weighted by molar-refractivity contribution is 6.18. The monoisotopic (exact) mass is 1910 g/mol. The molecular formula is C141H87N9. The van der Waals surface area contributed by atoms with Crippen molar-refractivity contribution in [1.29, 1.82) is 0 Å². The first kappa shape index (κ1) is 84.4. The van der Waals surface area contributed by atoms with Gasteiger partial charge < -0.3 is 27.4 Å². The summed E-state index contributed by atoms with van der Waals surface area (Å²) in [7, 11) is 0. The quantitative estimate of drug-likeness (QED) is 0.167. The second kappa shape index (κ2) is 33.7. The number of rotatable bonds is 6. The molecule has 150 heavy (non-hydrogen) atoms. The van der Waals surface area contributed by atoms with Crippen LogP contribution in [-0.4, -0.2) is 42.4 Å². The van der Waals surface area contributed by atoms with Crippen molar-refractivity contribution in [2.75, 3.05) is 0 Å². The fourth-order valence-electron chi connectivity index (χ4n) is 25.4. The summed E-state index contributed by atoms with van der Waals surface area (Å²) in [5, 5.41) is 13.4. The van der Waals surface area contributed by atoms with E-state index in [0.29, 0.717) is 0 Å². The van der Waals surface area contributed by atoms with Gasteiger partial charge >= 0.3 is 0 Å². The lowest BCUT2D eigenvalue weighted by Crippen LogP contribution is -2.00. The summed E-state index contributed by atoms with van der Waals surface area (Å²) in [5.74, 6) is 0. The van der Waals surface area contributed by atoms with Gasteiger partial charge in [0.25, 0.3) is 0 Å². The molecule has 3 aliphatic rings. The summed E-state index contributed by atoms with van der Waals surface area (Å²) in [6, 6.07) is 182. The molecule has 0 fully saturated rings. The average Bonchev–Trinajstić information content (AvgIpc) is 1.65. The summed E-state index contributed by atoms with van der Waals surface area (Å²) in [4.78, 5) is 14.2. The first-order chi connectivity index (χ1) is 74.5. The Morgan fingerprint density at radius 1 is 0.113 bits per heavy atom. The Morgan fingerprint density at radius 3 is 0.627 bits per heavy atom. The third kappa shape index (κ3) is 12.9. The van der Waals surface area contributed by atoms with Crippen LogP contribution in [0.2, 0.25) is 0 Å². The fraction of sp³-hybridized carbons (Fsp3) is 0. The molecule has 0 saturated carbocycles. The fourth-order valence-corrected chi connectivity index (χ4v) is 25.4. The van der Waals surface area contributed by atoms with Crippen molar-refractivity contribution in [3.05, 3.63) is 528 Å². The summed E-state index contributed by atoms with van der Waals surface area (Å²) in [6.07, 6.45) is 9.74. The highest BCUT2D eigenvalue weighted by Gasteiger charge is 2.31. The summed E-state index contributed by atoms with van der Waals surface area (Å²) in [6.45, 7) is 0. The van der Waals surface area contributed by atoms with E-state index in [1.165, 1.54) is 215 Å². The highest BCUT2D eigenvalue weighted by Crippen LogP contribution is 2.55. The zero-order valence-corrected chi connectivity index (χ0v) is 81.3. The van der Waals surface area contributed by atoms with Gasteiger partial charge in [-0.15, -0.1) is 0 Å². The van der Waals surface area contributed by atoms with E-state index in [1.54, 1.807) is 0 Å². The molecule has 0 amide bonds. The van der Waals surface area contributed by atoms with Gasteiger partial charge in [-0.25, -0.2) is 0 Å². The van der Waals surface area contributed by atoms with Gasteiger partial charge in [-0.05, 0) is 285 Å². The molecule has 0 spiro atoms. The van der Waals surface area contributed by atoms with Crippen molar-refractivity contribution in [1.82, 2.24) is 42.4 Å². The Balaban J connectivity index is 0.000000101. The zero-order chi connectivity index (χ0) is 98.3. The van der Waals surface area contributed by atoms with Crippen molar-refractivity contribution in [2.45, 2.75) is 0 Å². The van der Waals surface area contributed by atoms with Gasteiger partial charge in [0.05, 0.1) is 77.9 Å². The Morgan fingerprint density at radius 2 is 0.313 bits per heavy atom. The number of benzene rings is 21. The topological polar surface area (TPSA) is 68.2 Å². The van der Waals surface area contributed by atoms with Gasteiger partial charge in [-0.3, -0.25) is 15.0 Å². The van der Waals surface area contributed by atoms with Crippen LogP contribution in [0.5, 0.6) is 0 Å². The molecule has 0 radical (unpaired) electrons. The molecule has 0 aliphatic heterocycles. The molecule has 33 rings (SSSR count). The van der Waals surface area contributed by atoms with E-state index in [2.05, 4.69) is 529 Å². The SMILES string of the molecule is c1ccc2c(c1)-c1ccccc1-c1ccc(-n3c4ccc(-n5c6ccccc6c6ccccc65)cc4c4ccncc43)cc1-c1ccccc1-2.c1ccc2c(c1)-c1ccccc1-c1ccc(-n3c4ccc(-n5c6ccccc6c6ccccc65)cc4c4ncccc43)cc1-c1ccccc1-2.c1ccc2c(c1)-c1ccccc1-c1ccc(-n3c4ccncc4c4cc(-n5c6ccccc6c6ccccc65)ccc43)cc1-c1ccccc1-2. The molecule has 21 aromatic carbocycles. The minimum absolute atomic E-state index is 0.997. The molecule has 0 N–H and O–H groups in total. The van der Waals surface area contributed by atoms with E-state index in [9.17, 15) is 0 Å². The van der Waals surface area contributed by atoms with Crippen LogP contribution in [0.3, 0.4) is 0 Å². The molecule has 3 aliphatic carbocycles. The van der Waals surface area contributed by atoms with Gasteiger partial charge in [0.2, 0.25) is 0 Å². The molecule has 9 aromatic heterocycles. The van der Waals surface area contributed by atoms with Crippen LogP contribution in [0.25, 0.3) is 299 Å². The Hall–Kier alpha value is -20.1. The minimum atomic E-state index is 0.997. The number of fused-ring (bicyclic) bond motifs is 42. The van der Waals surface area contributed by atoms with E-state index < -0.39 is 0 Å². The van der Waals surface area contributed by atoms with Crippen molar-refractivity contribution >= 4 is 131 Å². The van der Waals surface area contributed by atoms with Gasteiger partial charge in [-0.2, -0.15) is 0 Å². The number of aromatic nitrogens is 9. The Kier molecular flexibility index (Phi) is 19.0. The maximum atomic E-state index is 4.98. The number of pyridine rings is 3. The third-order valence-corrected chi connectivity index (χ3v) is 31.7. The second-order valence-electron chi connectivity index (χ2n) is 39.5. The van der Waals surface area contributed by atoms with E-state index >= 15 is 0 Å². The third-order valence-electron chi connectivity index (χ3n) is 31.7. The van der Waals surface area contributed by atoms with Crippen LogP contribution in [0, 0.1) is 0 Å². The van der Waals surface area contributed by atoms with Crippen molar-refractivity contribution in [3.8, 4) is 168 Å². The van der Waals surface area contributed by atoms with Gasteiger partial charge in [-0.1, -0.05) is 346 Å². The molecule has 0 unspecified atom stereocenters. The number of hydrogen-bond donors (Lipinski definition) is 0. The van der Waals surface area contributed by atoms with E-state index in [1.807, 2.05) is 37.1 Å². The van der Waals surface area contributed by atoms with E-state index in [-0.39, 0.29) is 0 Å². The molecule has 9 nitrogen and oxygen atoms in total. The lowest BCUT2D eigenvalue weighted by molar-refractivity contribution is 1.16. The van der Waals surface area contributed by atoms with Crippen LogP contribution < -0.4 is 0 Å². The summed E-state index contributed by atoms with van der Waals surface area (Å²) < 4.78 is 14.3.